The zero-order valence-corrected chi connectivity index (χ0v) is 11.1. The molecule has 1 rings (SSSR count). The third-order valence-corrected chi connectivity index (χ3v) is 2.75. The topological polar surface area (TPSA) is 117 Å². The fraction of sp³-hybridized carbons (Fsp3) is 0.818. The van der Waals surface area contributed by atoms with Crippen LogP contribution >= 0.6 is 0 Å². The van der Waals surface area contributed by atoms with Gasteiger partial charge in [-0.15, -0.1) is 0 Å². The number of nitrogens with two attached hydrogens (primary N) is 1. The van der Waals surface area contributed by atoms with Crippen LogP contribution in [0.15, 0.2) is 0 Å². The summed E-state index contributed by atoms with van der Waals surface area (Å²) >= 11 is 0. The van der Waals surface area contributed by atoms with Gasteiger partial charge in [0.1, 0.15) is 24.9 Å². The molecule has 0 aliphatic carbocycles. The molecule has 1 fully saturated rings. The van der Waals surface area contributed by atoms with Gasteiger partial charge in [0.15, 0.2) is 6.29 Å². The van der Waals surface area contributed by atoms with Gasteiger partial charge >= 0.3 is 11.9 Å². The molecule has 0 spiro atoms. The Morgan fingerprint density at radius 3 is 2.37 bits per heavy atom. The normalized spacial score (nSPS) is 34.7. The number of aliphatic hydroxyl groups excluding tert-OH is 1. The number of esters is 2. The SMILES string of the molecule is COC1C(O)OC(COC(C)=O)C(OC(C)=O)C1N. The molecular formula is C11H19NO7. The van der Waals surface area contributed by atoms with Crippen molar-refractivity contribution in [3.8, 4) is 0 Å². The van der Waals surface area contributed by atoms with Gasteiger partial charge in [0, 0.05) is 21.0 Å². The molecule has 1 aliphatic rings. The average Bonchev–Trinajstić information content (AvgIpc) is 2.30. The first kappa shape index (κ1) is 15.8. The standard InChI is InChI=1S/C11H19NO7/c1-5(13)17-4-7-9(18-6(2)14)8(12)10(16-3)11(15)19-7/h7-11,15H,4,12H2,1-3H3. The van der Waals surface area contributed by atoms with E-state index in [0.29, 0.717) is 0 Å². The molecule has 0 amide bonds. The van der Waals surface area contributed by atoms with Crippen LogP contribution in [0.2, 0.25) is 0 Å². The van der Waals surface area contributed by atoms with Crippen LogP contribution < -0.4 is 5.73 Å². The van der Waals surface area contributed by atoms with E-state index < -0.39 is 42.6 Å². The van der Waals surface area contributed by atoms with Gasteiger partial charge in [0.25, 0.3) is 0 Å². The lowest BCUT2D eigenvalue weighted by Crippen LogP contribution is -2.64. The van der Waals surface area contributed by atoms with E-state index in [4.69, 9.17) is 24.7 Å². The third-order valence-electron chi connectivity index (χ3n) is 2.75. The highest BCUT2D eigenvalue weighted by molar-refractivity contribution is 5.66. The smallest absolute Gasteiger partial charge is 0.303 e. The Labute approximate surface area is 110 Å². The molecule has 110 valence electrons. The second-order valence-electron chi connectivity index (χ2n) is 4.22. The van der Waals surface area contributed by atoms with Crippen LogP contribution in [0, 0.1) is 0 Å². The number of hydrogen-bond acceptors (Lipinski definition) is 8. The summed E-state index contributed by atoms with van der Waals surface area (Å²) in [5, 5.41) is 9.72. The minimum atomic E-state index is -1.28. The van der Waals surface area contributed by atoms with Crippen LogP contribution in [0.1, 0.15) is 13.8 Å². The zero-order chi connectivity index (χ0) is 14.6. The van der Waals surface area contributed by atoms with Crippen LogP contribution in [-0.4, -0.2) is 61.4 Å². The van der Waals surface area contributed by atoms with Crippen molar-refractivity contribution in [1.82, 2.24) is 0 Å². The van der Waals surface area contributed by atoms with Gasteiger partial charge in [0.2, 0.25) is 0 Å². The van der Waals surface area contributed by atoms with Crippen LogP contribution in [0.5, 0.6) is 0 Å². The molecule has 8 nitrogen and oxygen atoms in total. The summed E-state index contributed by atoms with van der Waals surface area (Å²) in [6, 6.07) is -0.793. The molecule has 0 aromatic heterocycles. The second kappa shape index (κ2) is 6.80. The van der Waals surface area contributed by atoms with E-state index in [1.807, 2.05) is 0 Å². The average molecular weight is 277 g/mol. The van der Waals surface area contributed by atoms with E-state index in [1.54, 1.807) is 0 Å². The first-order chi connectivity index (χ1) is 8.86. The van der Waals surface area contributed by atoms with Gasteiger partial charge in [-0.05, 0) is 0 Å². The molecule has 0 saturated carbocycles. The van der Waals surface area contributed by atoms with Crippen molar-refractivity contribution in [2.24, 2.45) is 5.73 Å². The Morgan fingerprint density at radius 1 is 1.26 bits per heavy atom. The Hall–Kier alpha value is -1.22. The Balaban J connectivity index is 2.80. The monoisotopic (exact) mass is 277 g/mol. The van der Waals surface area contributed by atoms with Crippen molar-refractivity contribution in [2.45, 2.75) is 44.5 Å². The molecule has 1 heterocycles. The fourth-order valence-electron chi connectivity index (χ4n) is 1.91. The zero-order valence-electron chi connectivity index (χ0n) is 11.1. The lowest BCUT2D eigenvalue weighted by molar-refractivity contribution is -0.268. The summed E-state index contributed by atoms with van der Waals surface area (Å²) in [7, 11) is 1.36. The van der Waals surface area contributed by atoms with Gasteiger partial charge in [-0.3, -0.25) is 9.59 Å². The number of carbonyl (C=O) groups is 2. The first-order valence-corrected chi connectivity index (χ1v) is 5.79. The number of methoxy groups -OCH3 is 1. The third kappa shape index (κ3) is 4.13. The Bertz CT molecular complexity index is 335. The van der Waals surface area contributed by atoms with E-state index in [2.05, 4.69) is 0 Å². The maximum atomic E-state index is 11.1. The highest BCUT2D eigenvalue weighted by Gasteiger charge is 2.46. The maximum Gasteiger partial charge on any atom is 0.303 e. The van der Waals surface area contributed by atoms with E-state index in [1.165, 1.54) is 21.0 Å². The highest BCUT2D eigenvalue weighted by atomic mass is 16.7. The summed E-state index contributed by atoms with van der Waals surface area (Å²) < 4.78 is 20.1. The van der Waals surface area contributed by atoms with Crippen LogP contribution in [0.4, 0.5) is 0 Å². The van der Waals surface area contributed by atoms with Gasteiger partial charge < -0.3 is 29.8 Å². The number of hydrogen-bond donors (Lipinski definition) is 2. The summed E-state index contributed by atoms with van der Waals surface area (Å²) in [4.78, 5) is 21.9. The van der Waals surface area contributed by atoms with Gasteiger partial charge in [-0.1, -0.05) is 0 Å². The first-order valence-electron chi connectivity index (χ1n) is 5.79. The Kier molecular flexibility index (Phi) is 5.67. The summed E-state index contributed by atoms with van der Waals surface area (Å²) in [5.74, 6) is -1.06. The van der Waals surface area contributed by atoms with Crippen molar-refractivity contribution < 1.29 is 33.6 Å². The molecule has 0 bridgehead atoms. The minimum Gasteiger partial charge on any atom is -0.463 e. The van der Waals surface area contributed by atoms with Crippen molar-refractivity contribution in [3.05, 3.63) is 0 Å². The molecule has 1 aliphatic heterocycles. The van der Waals surface area contributed by atoms with Crippen LogP contribution in [0.25, 0.3) is 0 Å². The van der Waals surface area contributed by atoms with Crippen molar-refractivity contribution in [3.63, 3.8) is 0 Å². The maximum absolute atomic E-state index is 11.1. The van der Waals surface area contributed by atoms with Gasteiger partial charge in [-0.25, -0.2) is 0 Å². The molecule has 8 heteroatoms. The van der Waals surface area contributed by atoms with Gasteiger partial charge in [-0.2, -0.15) is 0 Å². The summed E-state index contributed by atoms with van der Waals surface area (Å²) in [6.07, 6.45) is -3.83. The molecule has 0 radical (unpaired) electrons. The fourth-order valence-corrected chi connectivity index (χ4v) is 1.91. The van der Waals surface area contributed by atoms with Crippen molar-refractivity contribution in [1.29, 1.82) is 0 Å². The number of aliphatic hydroxyl groups is 1. The van der Waals surface area contributed by atoms with E-state index in [-0.39, 0.29) is 6.61 Å². The predicted octanol–water partition coefficient (Wildman–Crippen LogP) is -1.46. The lowest BCUT2D eigenvalue weighted by Gasteiger charge is -2.41. The molecule has 3 N–H and O–H groups in total. The summed E-state index contributed by atoms with van der Waals surface area (Å²) in [5.41, 5.74) is 5.89. The van der Waals surface area contributed by atoms with Gasteiger partial charge in [0.05, 0.1) is 6.04 Å². The number of rotatable bonds is 4. The molecule has 5 unspecified atom stereocenters. The molecule has 19 heavy (non-hydrogen) atoms. The molecule has 0 aromatic carbocycles. The van der Waals surface area contributed by atoms with E-state index >= 15 is 0 Å². The molecule has 5 atom stereocenters. The highest BCUT2D eigenvalue weighted by Crippen LogP contribution is 2.23. The molecule has 0 aromatic rings. The van der Waals surface area contributed by atoms with E-state index in [9.17, 15) is 14.7 Å². The van der Waals surface area contributed by atoms with Crippen LogP contribution in [0.3, 0.4) is 0 Å². The van der Waals surface area contributed by atoms with E-state index in [0.717, 1.165) is 0 Å². The number of carbonyl (C=O) groups excluding carboxylic acids is 2. The molecular weight excluding hydrogens is 258 g/mol. The largest absolute Gasteiger partial charge is 0.463 e. The Morgan fingerprint density at radius 2 is 1.89 bits per heavy atom. The molecule has 1 saturated heterocycles. The number of ether oxygens (including phenoxy) is 4. The van der Waals surface area contributed by atoms with Crippen molar-refractivity contribution in [2.75, 3.05) is 13.7 Å². The predicted molar refractivity (Wildman–Crippen MR) is 61.8 cm³/mol. The minimum absolute atomic E-state index is 0.172. The van der Waals surface area contributed by atoms with Crippen molar-refractivity contribution >= 4 is 11.9 Å². The quantitative estimate of drug-likeness (QED) is 0.599. The second-order valence-corrected chi connectivity index (χ2v) is 4.22. The lowest BCUT2D eigenvalue weighted by atomic mass is 9.97. The summed E-state index contributed by atoms with van der Waals surface area (Å²) in [6.45, 7) is 2.29. The van der Waals surface area contributed by atoms with Crippen LogP contribution in [-0.2, 0) is 28.5 Å².